The highest BCUT2D eigenvalue weighted by molar-refractivity contribution is 6.06. The summed E-state index contributed by atoms with van der Waals surface area (Å²) < 4.78 is 0. The molecular formula is C19H24ClN3O2. The van der Waals surface area contributed by atoms with Gasteiger partial charge in [0, 0.05) is 37.0 Å². The Hall–Kier alpha value is -2.53. The van der Waals surface area contributed by atoms with Crippen molar-refractivity contribution in [2.75, 3.05) is 17.6 Å². The van der Waals surface area contributed by atoms with Crippen LogP contribution in [0.5, 0.6) is 0 Å². The Morgan fingerprint density at radius 2 is 1.84 bits per heavy atom. The first-order chi connectivity index (χ1) is 11.4. The van der Waals surface area contributed by atoms with Crippen molar-refractivity contribution in [1.82, 2.24) is 4.90 Å². The van der Waals surface area contributed by atoms with Gasteiger partial charge in [-0.1, -0.05) is 24.3 Å². The molecule has 3 N–H and O–H groups in total. The minimum Gasteiger partial charge on any atom is -0.399 e. The van der Waals surface area contributed by atoms with E-state index in [9.17, 15) is 9.59 Å². The van der Waals surface area contributed by atoms with Crippen LogP contribution in [-0.4, -0.2) is 23.3 Å². The number of carbonyl (C=O) groups is 2. The molecule has 0 saturated heterocycles. The van der Waals surface area contributed by atoms with Gasteiger partial charge < -0.3 is 16.0 Å². The molecule has 0 atom stereocenters. The van der Waals surface area contributed by atoms with Crippen LogP contribution in [0.25, 0.3) is 0 Å². The molecule has 0 spiro atoms. The molecular weight excluding hydrogens is 338 g/mol. The summed E-state index contributed by atoms with van der Waals surface area (Å²) in [5.74, 6) is -0.205. The molecule has 0 saturated carbocycles. The van der Waals surface area contributed by atoms with Crippen molar-refractivity contribution in [3.05, 3.63) is 59.2 Å². The van der Waals surface area contributed by atoms with Crippen molar-refractivity contribution in [1.29, 1.82) is 0 Å². The summed E-state index contributed by atoms with van der Waals surface area (Å²) >= 11 is 0. The summed E-state index contributed by atoms with van der Waals surface area (Å²) in [7, 11) is 0. The van der Waals surface area contributed by atoms with Gasteiger partial charge in [-0.2, -0.15) is 0 Å². The molecule has 2 aromatic carbocycles. The molecule has 0 aliphatic heterocycles. The normalized spacial score (nSPS) is 9.88. The van der Waals surface area contributed by atoms with E-state index in [1.807, 2.05) is 44.2 Å². The summed E-state index contributed by atoms with van der Waals surface area (Å²) in [6, 6.07) is 12.8. The number of para-hydroxylation sites is 1. The average molecular weight is 362 g/mol. The van der Waals surface area contributed by atoms with E-state index >= 15 is 0 Å². The van der Waals surface area contributed by atoms with E-state index < -0.39 is 0 Å². The summed E-state index contributed by atoms with van der Waals surface area (Å²) in [5.41, 5.74) is 9.33. The molecule has 0 bridgehead atoms. The van der Waals surface area contributed by atoms with Crippen LogP contribution in [-0.2, 0) is 11.3 Å². The molecule has 0 fully saturated rings. The number of nitrogens with two attached hydrogens (primary N) is 1. The van der Waals surface area contributed by atoms with Crippen LogP contribution in [0.2, 0.25) is 0 Å². The van der Waals surface area contributed by atoms with Crippen LogP contribution < -0.4 is 11.1 Å². The molecule has 0 aliphatic carbocycles. The standard InChI is InChI=1S/C19H23N3O2.ClH/c1-4-22(14(3)23)12-15-7-5-6-8-18(15)21-19(24)17-11-16(20)10-9-13(17)2;/h5-11H,4,12,20H2,1-3H3,(H,21,24);1H. The predicted molar refractivity (Wildman–Crippen MR) is 104 cm³/mol. The number of amides is 2. The van der Waals surface area contributed by atoms with Crippen LogP contribution >= 0.6 is 12.4 Å². The number of anilines is 2. The smallest absolute Gasteiger partial charge is 0.256 e. The second-order valence-corrected chi connectivity index (χ2v) is 5.72. The Morgan fingerprint density at radius 1 is 1.16 bits per heavy atom. The van der Waals surface area contributed by atoms with Crippen LogP contribution in [0.3, 0.4) is 0 Å². The van der Waals surface area contributed by atoms with E-state index in [0.29, 0.717) is 30.0 Å². The van der Waals surface area contributed by atoms with E-state index in [-0.39, 0.29) is 24.2 Å². The van der Waals surface area contributed by atoms with Gasteiger partial charge in [0.2, 0.25) is 5.91 Å². The van der Waals surface area contributed by atoms with Crippen molar-refractivity contribution in [2.45, 2.75) is 27.3 Å². The topological polar surface area (TPSA) is 75.4 Å². The van der Waals surface area contributed by atoms with E-state index in [1.165, 1.54) is 0 Å². The van der Waals surface area contributed by atoms with Crippen LogP contribution in [0, 0.1) is 6.92 Å². The maximum Gasteiger partial charge on any atom is 0.256 e. The third kappa shape index (κ3) is 5.22. The first-order valence-electron chi connectivity index (χ1n) is 7.93. The molecule has 0 aromatic heterocycles. The van der Waals surface area contributed by atoms with E-state index in [2.05, 4.69) is 5.32 Å². The number of aryl methyl sites for hydroxylation is 1. The Bertz CT molecular complexity index is 762. The lowest BCUT2D eigenvalue weighted by atomic mass is 10.1. The molecule has 134 valence electrons. The fourth-order valence-electron chi connectivity index (χ4n) is 2.51. The van der Waals surface area contributed by atoms with Gasteiger partial charge in [0.05, 0.1) is 0 Å². The minimum absolute atomic E-state index is 0. The van der Waals surface area contributed by atoms with Crippen LogP contribution in [0.15, 0.2) is 42.5 Å². The molecule has 6 heteroatoms. The lowest BCUT2D eigenvalue weighted by molar-refractivity contribution is -0.129. The van der Waals surface area contributed by atoms with Gasteiger partial charge in [-0.05, 0) is 43.2 Å². The zero-order valence-electron chi connectivity index (χ0n) is 14.7. The van der Waals surface area contributed by atoms with Gasteiger partial charge in [0.15, 0.2) is 0 Å². The summed E-state index contributed by atoms with van der Waals surface area (Å²) in [6.07, 6.45) is 0. The average Bonchev–Trinajstić information content (AvgIpc) is 2.55. The molecule has 5 nitrogen and oxygen atoms in total. The highest BCUT2D eigenvalue weighted by atomic mass is 35.5. The lowest BCUT2D eigenvalue weighted by Crippen LogP contribution is -2.28. The Balaban J connectivity index is 0.00000312. The highest BCUT2D eigenvalue weighted by Crippen LogP contribution is 2.20. The van der Waals surface area contributed by atoms with Gasteiger partial charge in [0.1, 0.15) is 0 Å². The van der Waals surface area contributed by atoms with Crippen molar-refractivity contribution >= 4 is 35.6 Å². The number of nitrogens with one attached hydrogen (secondary N) is 1. The van der Waals surface area contributed by atoms with E-state index in [0.717, 1.165) is 11.1 Å². The maximum atomic E-state index is 12.6. The number of nitrogens with zero attached hydrogens (tertiary/aromatic N) is 1. The second-order valence-electron chi connectivity index (χ2n) is 5.72. The maximum absolute atomic E-state index is 12.6. The minimum atomic E-state index is -0.210. The fourth-order valence-corrected chi connectivity index (χ4v) is 2.51. The van der Waals surface area contributed by atoms with E-state index in [4.69, 9.17) is 5.73 Å². The third-order valence-corrected chi connectivity index (χ3v) is 3.96. The molecule has 0 aliphatic rings. The zero-order chi connectivity index (χ0) is 17.7. The number of halogens is 1. The van der Waals surface area contributed by atoms with Gasteiger partial charge in [-0.15, -0.1) is 12.4 Å². The first-order valence-corrected chi connectivity index (χ1v) is 7.93. The monoisotopic (exact) mass is 361 g/mol. The van der Waals surface area contributed by atoms with Crippen molar-refractivity contribution < 1.29 is 9.59 Å². The van der Waals surface area contributed by atoms with Crippen LogP contribution in [0.4, 0.5) is 11.4 Å². The highest BCUT2D eigenvalue weighted by Gasteiger charge is 2.14. The quantitative estimate of drug-likeness (QED) is 0.798. The van der Waals surface area contributed by atoms with Gasteiger partial charge in [-0.3, -0.25) is 9.59 Å². The zero-order valence-corrected chi connectivity index (χ0v) is 15.5. The first kappa shape index (κ1) is 20.5. The number of nitrogen functional groups attached to an aromatic ring is 1. The Kier molecular flexibility index (Phi) is 7.45. The largest absolute Gasteiger partial charge is 0.399 e. The van der Waals surface area contributed by atoms with E-state index in [1.54, 1.807) is 24.0 Å². The number of hydrogen-bond donors (Lipinski definition) is 2. The molecule has 2 aromatic rings. The Labute approximate surface area is 154 Å². The molecule has 0 unspecified atom stereocenters. The number of benzene rings is 2. The number of carbonyl (C=O) groups excluding carboxylic acids is 2. The summed E-state index contributed by atoms with van der Waals surface area (Å²) in [5, 5.41) is 2.93. The molecule has 0 heterocycles. The molecule has 0 radical (unpaired) electrons. The number of rotatable bonds is 5. The predicted octanol–water partition coefficient (Wildman–Crippen LogP) is 3.62. The Morgan fingerprint density at radius 3 is 2.48 bits per heavy atom. The molecule has 2 amide bonds. The van der Waals surface area contributed by atoms with Gasteiger partial charge in [0.25, 0.3) is 5.91 Å². The van der Waals surface area contributed by atoms with Crippen molar-refractivity contribution in [2.24, 2.45) is 0 Å². The van der Waals surface area contributed by atoms with Crippen LogP contribution in [0.1, 0.15) is 35.3 Å². The fraction of sp³-hybridized carbons (Fsp3) is 0.263. The van der Waals surface area contributed by atoms with Crippen molar-refractivity contribution in [3.8, 4) is 0 Å². The SMILES string of the molecule is CCN(Cc1ccccc1NC(=O)c1cc(N)ccc1C)C(C)=O.Cl. The van der Waals surface area contributed by atoms with Gasteiger partial charge >= 0.3 is 0 Å². The molecule has 25 heavy (non-hydrogen) atoms. The molecule has 2 rings (SSSR count). The second kappa shape index (κ2) is 9.08. The van der Waals surface area contributed by atoms with Crippen molar-refractivity contribution in [3.63, 3.8) is 0 Å². The summed E-state index contributed by atoms with van der Waals surface area (Å²) in [4.78, 5) is 25.9. The lowest BCUT2D eigenvalue weighted by Gasteiger charge is -2.21. The summed E-state index contributed by atoms with van der Waals surface area (Å²) in [6.45, 7) is 6.42. The number of hydrogen-bond acceptors (Lipinski definition) is 3. The third-order valence-electron chi connectivity index (χ3n) is 3.96. The van der Waals surface area contributed by atoms with Gasteiger partial charge in [-0.25, -0.2) is 0 Å².